The minimum atomic E-state index is -3.93. The van der Waals surface area contributed by atoms with E-state index in [9.17, 15) is 18.3 Å². The second-order valence-corrected chi connectivity index (χ2v) is 8.99. The highest BCUT2D eigenvalue weighted by Gasteiger charge is 2.28. The van der Waals surface area contributed by atoms with Crippen molar-refractivity contribution in [2.24, 2.45) is 0 Å². The van der Waals surface area contributed by atoms with E-state index >= 15 is 0 Å². The van der Waals surface area contributed by atoms with Gasteiger partial charge >= 0.3 is 5.97 Å². The van der Waals surface area contributed by atoms with Gasteiger partial charge in [-0.1, -0.05) is 30.3 Å². The van der Waals surface area contributed by atoms with Gasteiger partial charge in [0.1, 0.15) is 14.8 Å². The van der Waals surface area contributed by atoms with Crippen molar-refractivity contribution in [3.63, 3.8) is 0 Å². The Hall–Kier alpha value is -2.84. The standard InChI is InChI=1S/C19H17NO5S2/c1-13-12-17(26-18(13)19(21)22)27(23,24)20(2)15-10-6-7-11-16(15)25-14-8-4-3-5-9-14/h3-12H,1-2H3,(H,21,22). The predicted molar refractivity (Wildman–Crippen MR) is 105 cm³/mol. The summed E-state index contributed by atoms with van der Waals surface area (Å²) in [6, 6.07) is 17.2. The van der Waals surface area contributed by atoms with Gasteiger partial charge in [0.25, 0.3) is 10.0 Å². The molecule has 2 aromatic carbocycles. The summed E-state index contributed by atoms with van der Waals surface area (Å²) in [4.78, 5) is 11.3. The van der Waals surface area contributed by atoms with E-state index in [2.05, 4.69) is 0 Å². The van der Waals surface area contributed by atoms with Crippen LogP contribution in [0.15, 0.2) is 64.9 Å². The van der Waals surface area contributed by atoms with Gasteiger partial charge in [-0.05, 0) is 42.8 Å². The number of ether oxygens (including phenoxy) is 1. The molecule has 0 unspecified atom stereocenters. The number of nitrogens with zero attached hydrogens (tertiary/aromatic N) is 1. The molecule has 8 heteroatoms. The van der Waals surface area contributed by atoms with Crippen LogP contribution in [-0.2, 0) is 10.0 Å². The Morgan fingerprint density at radius 2 is 1.70 bits per heavy atom. The fraction of sp³-hybridized carbons (Fsp3) is 0.105. The Bertz CT molecular complexity index is 1070. The lowest BCUT2D eigenvalue weighted by atomic mass is 10.3. The third-order valence-corrected chi connectivity index (χ3v) is 7.33. The van der Waals surface area contributed by atoms with E-state index in [4.69, 9.17) is 4.74 Å². The van der Waals surface area contributed by atoms with Crippen molar-refractivity contribution in [2.45, 2.75) is 11.1 Å². The van der Waals surface area contributed by atoms with Crippen LogP contribution in [0.1, 0.15) is 15.2 Å². The first-order valence-corrected chi connectivity index (χ1v) is 10.2. The number of carboxylic acid groups (broad SMARTS) is 1. The van der Waals surface area contributed by atoms with E-state index in [1.165, 1.54) is 13.1 Å². The fourth-order valence-corrected chi connectivity index (χ4v) is 5.23. The van der Waals surface area contributed by atoms with Gasteiger partial charge in [-0.15, -0.1) is 11.3 Å². The maximum Gasteiger partial charge on any atom is 0.346 e. The number of sulfonamides is 1. The Kier molecular flexibility index (Phi) is 5.20. The summed E-state index contributed by atoms with van der Waals surface area (Å²) in [6.07, 6.45) is 0. The number of para-hydroxylation sites is 3. The molecule has 0 saturated carbocycles. The summed E-state index contributed by atoms with van der Waals surface area (Å²) >= 11 is 0.737. The van der Waals surface area contributed by atoms with Gasteiger partial charge in [0.15, 0.2) is 5.75 Å². The summed E-state index contributed by atoms with van der Waals surface area (Å²) in [5.74, 6) is -0.188. The van der Waals surface area contributed by atoms with Gasteiger partial charge in [0.2, 0.25) is 0 Å². The molecule has 3 rings (SSSR count). The molecule has 140 valence electrons. The van der Waals surface area contributed by atoms with Crippen LogP contribution >= 0.6 is 11.3 Å². The molecular weight excluding hydrogens is 386 g/mol. The lowest BCUT2D eigenvalue weighted by Gasteiger charge is -2.21. The van der Waals surface area contributed by atoms with Crippen LogP contribution in [0.5, 0.6) is 11.5 Å². The summed E-state index contributed by atoms with van der Waals surface area (Å²) in [6.45, 7) is 1.57. The molecule has 6 nitrogen and oxygen atoms in total. The zero-order chi connectivity index (χ0) is 19.6. The highest BCUT2D eigenvalue weighted by molar-refractivity contribution is 7.94. The molecule has 3 aromatic rings. The Morgan fingerprint density at radius 3 is 2.33 bits per heavy atom. The molecule has 0 amide bonds. The number of anilines is 1. The molecule has 0 saturated heterocycles. The van der Waals surface area contributed by atoms with Crippen molar-refractivity contribution >= 4 is 33.0 Å². The van der Waals surface area contributed by atoms with Gasteiger partial charge in [0.05, 0.1) is 5.69 Å². The van der Waals surface area contributed by atoms with E-state index in [1.807, 2.05) is 18.2 Å². The molecule has 0 aliphatic carbocycles. The molecule has 1 N–H and O–H groups in total. The van der Waals surface area contributed by atoms with Crippen molar-refractivity contribution in [1.29, 1.82) is 0 Å². The van der Waals surface area contributed by atoms with E-state index in [0.29, 0.717) is 22.7 Å². The van der Waals surface area contributed by atoms with Gasteiger partial charge in [-0.2, -0.15) is 0 Å². The molecule has 1 aromatic heterocycles. The topological polar surface area (TPSA) is 83.9 Å². The van der Waals surface area contributed by atoms with E-state index in [1.54, 1.807) is 43.3 Å². The first-order valence-electron chi connectivity index (χ1n) is 7.95. The van der Waals surface area contributed by atoms with Crippen molar-refractivity contribution in [3.05, 3.63) is 71.1 Å². The van der Waals surface area contributed by atoms with E-state index < -0.39 is 16.0 Å². The van der Waals surface area contributed by atoms with Crippen molar-refractivity contribution < 1.29 is 23.1 Å². The quantitative estimate of drug-likeness (QED) is 0.661. The summed E-state index contributed by atoms with van der Waals surface area (Å²) < 4.78 is 32.9. The van der Waals surface area contributed by atoms with Crippen LogP contribution in [0.4, 0.5) is 5.69 Å². The molecule has 27 heavy (non-hydrogen) atoms. The number of thiophene rings is 1. The van der Waals surface area contributed by atoms with Gasteiger partial charge < -0.3 is 9.84 Å². The van der Waals surface area contributed by atoms with Crippen LogP contribution in [0.3, 0.4) is 0 Å². The average molecular weight is 403 g/mol. The third kappa shape index (κ3) is 3.81. The number of aryl methyl sites for hydroxylation is 1. The zero-order valence-corrected chi connectivity index (χ0v) is 16.3. The van der Waals surface area contributed by atoms with E-state index in [0.717, 1.165) is 15.6 Å². The molecule has 0 fully saturated rings. The molecule has 0 spiro atoms. The summed E-state index contributed by atoms with van der Waals surface area (Å²) in [7, 11) is -2.52. The molecule has 0 bridgehead atoms. The fourth-order valence-electron chi connectivity index (χ4n) is 2.48. The number of carboxylic acids is 1. The molecule has 0 aliphatic rings. The minimum Gasteiger partial charge on any atom is -0.477 e. The minimum absolute atomic E-state index is 0.01000. The van der Waals surface area contributed by atoms with Crippen LogP contribution in [0, 0.1) is 6.92 Å². The summed E-state index contributed by atoms with van der Waals surface area (Å²) in [5, 5.41) is 9.19. The number of hydrogen-bond donors (Lipinski definition) is 1. The highest BCUT2D eigenvalue weighted by atomic mass is 32.2. The van der Waals surface area contributed by atoms with Gasteiger partial charge in [-0.3, -0.25) is 4.31 Å². The zero-order valence-electron chi connectivity index (χ0n) is 14.6. The van der Waals surface area contributed by atoms with E-state index in [-0.39, 0.29) is 9.09 Å². The number of hydrogen-bond acceptors (Lipinski definition) is 5. The number of aromatic carboxylic acids is 1. The Balaban J connectivity index is 1.99. The first-order chi connectivity index (χ1) is 12.8. The van der Waals surface area contributed by atoms with Crippen LogP contribution in [0.2, 0.25) is 0 Å². The molecule has 0 aliphatic heterocycles. The molecule has 1 heterocycles. The van der Waals surface area contributed by atoms with Crippen molar-refractivity contribution in [2.75, 3.05) is 11.4 Å². The maximum absolute atomic E-state index is 13.0. The normalized spacial score (nSPS) is 11.2. The van der Waals surface area contributed by atoms with Crippen molar-refractivity contribution in [1.82, 2.24) is 0 Å². The average Bonchev–Trinajstić information content (AvgIpc) is 3.05. The molecule has 0 radical (unpaired) electrons. The smallest absolute Gasteiger partial charge is 0.346 e. The maximum atomic E-state index is 13.0. The van der Waals surface area contributed by atoms with Crippen molar-refractivity contribution in [3.8, 4) is 11.5 Å². The number of rotatable bonds is 6. The molecular formula is C19H17NO5S2. The Labute approximate surface area is 161 Å². The SMILES string of the molecule is Cc1cc(S(=O)(=O)N(C)c2ccccc2Oc2ccccc2)sc1C(=O)O. The monoisotopic (exact) mass is 403 g/mol. The summed E-state index contributed by atoms with van der Waals surface area (Å²) in [5.41, 5.74) is 0.762. The van der Waals surface area contributed by atoms with Crippen LogP contribution < -0.4 is 9.04 Å². The van der Waals surface area contributed by atoms with Gasteiger partial charge in [-0.25, -0.2) is 13.2 Å². The lowest BCUT2D eigenvalue weighted by Crippen LogP contribution is -2.26. The predicted octanol–water partition coefficient (Wildman–Crippen LogP) is 4.37. The second kappa shape index (κ2) is 7.42. The van der Waals surface area contributed by atoms with Crippen LogP contribution in [0.25, 0.3) is 0 Å². The highest BCUT2D eigenvalue weighted by Crippen LogP contribution is 2.36. The van der Waals surface area contributed by atoms with Crippen LogP contribution in [-0.4, -0.2) is 26.5 Å². The third-order valence-electron chi connectivity index (χ3n) is 3.88. The Morgan fingerprint density at radius 1 is 1.07 bits per heavy atom. The lowest BCUT2D eigenvalue weighted by molar-refractivity contribution is 0.0701. The molecule has 0 atom stereocenters. The number of carbonyl (C=O) groups is 1. The number of benzene rings is 2. The largest absolute Gasteiger partial charge is 0.477 e. The van der Waals surface area contributed by atoms with Gasteiger partial charge in [0, 0.05) is 7.05 Å². The second-order valence-electron chi connectivity index (χ2n) is 5.74. The first kappa shape index (κ1) is 18.9.